The van der Waals surface area contributed by atoms with Gasteiger partial charge in [-0.1, -0.05) is 20.8 Å². The quantitative estimate of drug-likeness (QED) is 0.785. The minimum Gasteiger partial charge on any atom is -0.505 e. The first-order chi connectivity index (χ1) is 12.6. The van der Waals surface area contributed by atoms with E-state index in [-0.39, 0.29) is 22.6 Å². The van der Waals surface area contributed by atoms with Crippen LogP contribution in [0.4, 0.5) is 0 Å². The SMILES string of the molecule is CC(C)(C)[Si](C)(C)OCCn1c(=O)cc(O)c2nn(C3CCCCO3)cc21. The first kappa shape index (κ1) is 20.1. The third-order valence-corrected chi connectivity index (χ3v) is 10.3. The standard InChI is InChI=1S/C19H31N3O4Si/c1-19(2,3)27(4,5)26-11-9-21-14-13-22(17-8-6-7-10-25-17)20-18(14)15(23)12-16(21)24/h12-13,17,23H,6-11H2,1-5H3. The molecule has 3 rings (SSSR count). The molecule has 2 aromatic rings. The third kappa shape index (κ3) is 4.12. The summed E-state index contributed by atoms with van der Waals surface area (Å²) in [6.07, 6.45) is 4.68. The monoisotopic (exact) mass is 393 g/mol. The molecule has 7 nitrogen and oxygen atoms in total. The van der Waals surface area contributed by atoms with Gasteiger partial charge < -0.3 is 18.8 Å². The first-order valence-electron chi connectivity index (χ1n) is 9.67. The van der Waals surface area contributed by atoms with Gasteiger partial charge in [0.25, 0.3) is 5.56 Å². The van der Waals surface area contributed by atoms with Crippen LogP contribution in [-0.2, 0) is 15.7 Å². The molecular weight excluding hydrogens is 362 g/mol. The average molecular weight is 394 g/mol. The van der Waals surface area contributed by atoms with Crippen LogP contribution in [0.3, 0.4) is 0 Å². The van der Waals surface area contributed by atoms with Gasteiger partial charge in [0.1, 0.15) is 6.23 Å². The second kappa shape index (κ2) is 7.41. The molecule has 1 fully saturated rings. The highest BCUT2D eigenvalue weighted by Crippen LogP contribution is 2.36. The smallest absolute Gasteiger partial charge is 0.254 e. The summed E-state index contributed by atoms with van der Waals surface area (Å²) < 4.78 is 15.4. The molecule has 0 bridgehead atoms. The van der Waals surface area contributed by atoms with Crippen molar-refractivity contribution in [2.45, 2.75) is 70.9 Å². The van der Waals surface area contributed by atoms with Gasteiger partial charge in [-0.25, -0.2) is 4.68 Å². The molecule has 150 valence electrons. The predicted molar refractivity (Wildman–Crippen MR) is 108 cm³/mol. The van der Waals surface area contributed by atoms with E-state index in [1.165, 1.54) is 6.07 Å². The Morgan fingerprint density at radius 3 is 2.74 bits per heavy atom. The highest BCUT2D eigenvalue weighted by molar-refractivity contribution is 6.74. The van der Waals surface area contributed by atoms with E-state index in [4.69, 9.17) is 9.16 Å². The Bertz CT molecular complexity index is 860. The number of fused-ring (bicyclic) bond motifs is 1. The fourth-order valence-electron chi connectivity index (χ4n) is 3.06. The number of aromatic nitrogens is 3. The van der Waals surface area contributed by atoms with Crippen LogP contribution in [0.25, 0.3) is 11.0 Å². The Labute approximate surface area is 161 Å². The largest absolute Gasteiger partial charge is 0.505 e. The third-order valence-electron chi connectivity index (χ3n) is 5.81. The summed E-state index contributed by atoms with van der Waals surface area (Å²) in [6, 6.07) is 1.23. The van der Waals surface area contributed by atoms with Crippen molar-refractivity contribution in [2.75, 3.05) is 13.2 Å². The number of aromatic hydroxyl groups is 1. The second-order valence-corrected chi connectivity index (χ2v) is 13.6. The number of pyridine rings is 1. The van der Waals surface area contributed by atoms with Crippen molar-refractivity contribution in [3.63, 3.8) is 0 Å². The van der Waals surface area contributed by atoms with E-state index in [1.54, 1.807) is 15.4 Å². The van der Waals surface area contributed by atoms with Gasteiger partial charge >= 0.3 is 0 Å². The van der Waals surface area contributed by atoms with Gasteiger partial charge in [0.15, 0.2) is 19.6 Å². The highest BCUT2D eigenvalue weighted by atomic mass is 28.4. The van der Waals surface area contributed by atoms with E-state index < -0.39 is 8.32 Å². The minimum atomic E-state index is -1.88. The lowest BCUT2D eigenvalue weighted by Crippen LogP contribution is -2.41. The molecule has 0 aliphatic carbocycles. The van der Waals surface area contributed by atoms with Gasteiger partial charge in [0, 0.05) is 19.2 Å². The van der Waals surface area contributed by atoms with Crippen molar-refractivity contribution >= 4 is 19.4 Å². The average Bonchev–Trinajstić information content (AvgIpc) is 3.03. The van der Waals surface area contributed by atoms with Gasteiger partial charge in [-0.3, -0.25) is 4.79 Å². The number of hydrogen-bond donors (Lipinski definition) is 1. The Kier molecular flexibility index (Phi) is 5.51. The zero-order valence-corrected chi connectivity index (χ0v) is 18.0. The molecule has 1 unspecified atom stereocenters. The number of hydrogen-bond acceptors (Lipinski definition) is 5. The Morgan fingerprint density at radius 2 is 2.11 bits per heavy atom. The van der Waals surface area contributed by atoms with E-state index in [1.807, 2.05) is 0 Å². The molecule has 0 aromatic carbocycles. The lowest BCUT2D eigenvalue weighted by Gasteiger charge is -2.36. The fraction of sp³-hybridized carbons (Fsp3) is 0.684. The van der Waals surface area contributed by atoms with Crippen molar-refractivity contribution in [3.8, 4) is 5.75 Å². The van der Waals surface area contributed by atoms with Crippen molar-refractivity contribution in [3.05, 3.63) is 22.6 Å². The molecule has 27 heavy (non-hydrogen) atoms. The van der Waals surface area contributed by atoms with Gasteiger partial charge in [0.2, 0.25) is 0 Å². The van der Waals surface area contributed by atoms with Gasteiger partial charge in [0.05, 0.1) is 18.3 Å². The normalized spacial score (nSPS) is 18.9. The summed E-state index contributed by atoms with van der Waals surface area (Å²) in [5.41, 5.74) is 0.798. The molecule has 1 atom stereocenters. The molecule has 1 saturated heterocycles. The summed E-state index contributed by atoms with van der Waals surface area (Å²) in [6.45, 7) is 12.6. The van der Waals surface area contributed by atoms with E-state index in [0.717, 1.165) is 19.3 Å². The lowest BCUT2D eigenvalue weighted by molar-refractivity contribution is -0.0391. The van der Waals surface area contributed by atoms with E-state index in [2.05, 4.69) is 39.0 Å². The maximum absolute atomic E-state index is 12.5. The predicted octanol–water partition coefficient (Wildman–Crippen LogP) is 3.62. The van der Waals surface area contributed by atoms with Crippen LogP contribution in [-0.4, -0.2) is 41.0 Å². The van der Waals surface area contributed by atoms with E-state index >= 15 is 0 Å². The number of rotatable bonds is 5. The zero-order valence-electron chi connectivity index (χ0n) is 17.0. The fourth-order valence-corrected chi connectivity index (χ4v) is 4.10. The maximum atomic E-state index is 12.5. The van der Waals surface area contributed by atoms with Crippen LogP contribution in [0.1, 0.15) is 46.3 Å². The maximum Gasteiger partial charge on any atom is 0.254 e. The molecule has 1 aliphatic heterocycles. The number of nitrogens with zero attached hydrogens (tertiary/aromatic N) is 3. The van der Waals surface area contributed by atoms with Gasteiger partial charge in [-0.2, -0.15) is 5.10 Å². The molecule has 0 saturated carbocycles. The first-order valence-corrected chi connectivity index (χ1v) is 12.6. The Hall–Kier alpha value is -1.64. The van der Waals surface area contributed by atoms with Crippen molar-refractivity contribution in [1.82, 2.24) is 14.3 Å². The van der Waals surface area contributed by atoms with Crippen molar-refractivity contribution < 1.29 is 14.3 Å². The summed E-state index contributed by atoms with van der Waals surface area (Å²) in [7, 11) is -1.88. The summed E-state index contributed by atoms with van der Waals surface area (Å²) >= 11 is 0. The minimum absolute atomic E-state index is 0.0916. The topological polar surface area (TPSA) is 78.5 Å². The summed E-state index contributed by atoms with van der Waals surface area (Å²) in [5, 5.41) is 14.8. The Balaban J connectivity index is 1.86. The molecule has 0 amide bonds. The second-order valence-electron chi connectivity index (χ2n) is 8.79. The molecule has 1 aliphatic rings. The molecule has 3 heterocycles. The van der Waals surface area contributed by atoms with Gasteiger partial charge in [-0.05, 0) is 37.4 Å². The lowest BCUT2D eigenvalue weighted by atomic mass is 10.2. The molecule has 8 heteroatoms. The van der Waals surface area contributed by atoms with Gasteiger partial charge in [-0.15, -0.1) is 0 Å². The van der Waals surface area contributed by atoms with Crippen LogP contribution in [0, 0.1) is 0 Å². The Morgan fingerprint density at radius 1 is 1.37 bits per heavy atom. The van der Waals surface area contributed by atoms with Crippen LogP contribution in [0.2, 0.25) is 18.1 Å². The van der Waals surface area contributed by atoms with E-state index in [9.17, 15) is 9.90 Å². The van der Waals surface area contributed by atoms with E-state index in [0.29, 0.717) is 30.8 Å². The molecule has 0 radical (unpaired) electrons. The number of ether oxygens (including phenoxy) is 1. The van der Waals surface area contributed by atoms with Crippen LogP contribution >= 0.6 is 0 Å². The molecular formula is C19H31N3O4Si. The summed E-state index contributed by atoms with van der Waals surface area (Å²) in [4.78, 5) is 12.5. The molecule has 0 spiro atoms. The summed E-state index contributed by atoms with van der Waals surface area (Å²) in [5.74, 6) is -0.0916. The highest BCUT2D eigenvalue weighted by Gasteiger charge is 2.37. The molecule has 2 aromatic heterocycles. The van der Waals surface area contributed by atoms with Crippen molar-refractivity contribution in [2.24, 2.45) is 0 Å². The van der Waals surface area contributed by atoms with Crippen molar-refractivity contribution in [1.29, 1.82) is 0 Å². The van der Waals surface area contributed by atoms with Crippen LogP contribution in [0.15, 0.2) is 17.1 Å². The van der Waals surface area contributed by atoms with Crippen LogP contribution < -0.4 is 5.56 Å². The zero-order chi connectivity index (χ0) is 19.8. The molecule has 1 N–H and O–H groups in total. The van der Waals surface area contributed by atoms with Crippen LogP contribution in [0.5, 0.6) is 5.75 Å².